The molecule has 122 valence electrons. The number of rotatable bonds is 3. The Morgan fingerprint density at radius 3 is 2.65 bits per heavy atom. The molecule has 0 unspecified atom stereocenters. The van der Waals surface area contributed by atoms with Crippen LogP contribution in [0.25, 0.3) is 10.2 Å². The Labute approximate surface area is 139 Å². The van der Waals surface area contributed by atoms with Gasteiger partial charge in [-0.25, -0.2) is 4.98 Å². The minimum Gasteiger partial charge on any atom is -0.343 e. The van der Waals surface area contributed by atoms with E-state index in [-0.39, 0.29) is 17.7 Å². The van der Waals surface area contributed by atoms with Gasteiger partial charge in [-0.1, -0.05) is 12.1 Å². The van der Waals surface area contributed by atoms with Crippen LogP contribution in [0.15, 0.2) is 24.3 Å². The molecule has 1 aliphatic heterocycles. The van der Waals surface area contributed by atoms with Gasteiger partial charge in [0.2, 0.25) is 11.8 Å². The molecule has 0 N–H and O–H groups in total. The summed E-state index contributed by atoms with van der Waals surface area (Å²) in [7, 11) is 1.84. The van der Waals surface area contributed by atoms with Crippen molar-refractivity contribution in [3.8, 4) is 0 Å². The normalized spacial score (nSPS) is 15.8. The molecule has 3 rings (SSSR count). The topological polar surface area (TPSA) is 53.5 Å². The third-order valence-electron chi connectivity index (χ3n) is 4.38. The number of likely N-dealkylation sites (tertiary alicyclic amines) is 1. The van der Waals surface area contributed by atoms with Crippen LogP contribution in [0.3, 0.4) is 0 Å². The number of carbonyl (C=O) groups excluding carboxylic acids is 2. The number of hydrogen-bond acceptors (Lipinski definition) is 4. The van der Waals surface area contributed by atoms with E-state index >= 15 is 0 Å². The third-order valence-corrected chi connectivity index (χ3v) is 5.40. The van der Waals surface area contributed by atoms with E-state index < -0.39 is 0 Å². The number of fused-ring (bicyclic) bond motifs is 1. The second-order valence-electron chi connectivity index (χ2n) is 6.05. The van der Waals surface area contributed by atoms with Gasteiger partial charge < -0.3 is 9.80 Å². The van der Waals surface area contributed by atoms with Crippen molar-refractivity contribution in [2.75, 3.05) is 20.1 Å². The minimum atomic E-state index is 0.0185. The molecular formula is C17H21N3O2S. The van der Waals surface area contributed by atoms with Gasteiger partial charge >= 0.3 is 0 Å². The quantitative estimate of drug-likeness (QED) is 0.868. The highest BCUT2D eigenvalue weighted by molar-refractivity contribution is 7.18. The fourth-order valence-electron chi connectivity index (χ4n) is 3.02. The smallest absolute Gasteiger partial charge is 0.225 e. The predicted molar refractivity (Wildman–Crippen MR) is 91.1 cm³/mol. The Morgan fingerprint density at radius 1 is 1.30 bits per heavy atom. The molecule has 0 aliphatic carbocycles. The van der Waals surface area contributed by atoms with Gasteiger partial charge in [0, 0.05) is 33.0 Å². The Kier molecular flexibility index (Phi) is 4.61. The molecule has 5 nitrogen and oxygen atoms in total. The van der Waals surface area contributed by atoms with Crippen molar-refractivity contribution in [3.05, 3.63) is 29.3 Å². The fraction of sp³-hybridized carbons (Fsp3) is 0.471. The zero-order valence-corrected chi connectivity index (χ0v) is 14.3. The van der Waals surface area contributed by atoms with Crippen molar-refractivity contribution in [2.45, 2.75) is 26.3 Å². The molecule has 2 amide bonds. The van der Waals surface area contributed by atoms with Crippen molar-refractivity contribution in [1.82, 2.24) is 14.8 Å². The number of aromatic nitrogens is 1. The first-order chi connectivity index (χ1) is 11.0. The Bertz CT molecular complexity index is 686. The summed E-state index contributed by atoms with van der Waals surface area (Å²) >= 11 is 1.64. The van der Waals surface area contributed by atoms with Crippen LogP contribution in [-0.4, -0.2) is 46.7 Å². The number of nitrogens with zero attached hydrogens (tertiary/aromatic N) is 3. The maximum Gasteiger partial charge on any atom is 0.225 e. The fourth-order valence-corrected chi connectivity index (χ4v) is 4.04. The number of piperidine rings is 1. The summed E-state index contributed by atoms with van der Waals surface area (Å²) < 4.78 is 1.15. The molecule has 0 spiro atoms. The Morgan fingerprint density at radius 2 is 2.00 bits per heavy atom. The van der Waals surface area contributed by atoms with Crippen LogP contribution in [-0.2, 0) is 16.1 Å². The van der Waals surface area contributed by atoms with Crippen molar-refractivity contribution >= 4 is 33.4 Å². The number of para-hydroxylation sites is 1. The number of benzene rings is 1. The van der Waals surface area contributed by atoms with Gasteiger partial charge in [-0.15, -0.1) is 11.3 Å². The highest BCUT2D eigenvalue weighted by Gasteiger charge is 2.28. The molecule has 0 bridgehead atoms. The van der Waals surface area contributed by atoms with Crippen LogP contribution in [0.2, 0.25) is 0 Å². The van der Waals surface area contributed by atoms with E-state index in [2.05, 4.69) is 11.1 Å². The van der Waals surface area contributed by atoms with Crippen molar-refractivity contribution in [2.24, 2.45) is 5.92 Å². The summed E-state index contributed by atoms with van der Waals surface area (Å²) in [5.41, 5.74) is 0.989. The molecule has 1 saturated heterocycles. The van der Waals surface area contributed by atoms with Crippen molar-refractivity contribution < 1.29 is 9.59 Å². The summed E-state index contributed by atoms with van der Waals surface area (Å²) in [6.45, 7) is 3.49. The van der Waals surface area contributed by atoms with Crippen LogP contribution >= 0.6 is 11.3 Å². The van der Waals surface area contributed by atoms with Gasteiger partial charge in [-0.05, 0) is 25.0 Å². The summed E-state index contributed by atoms with van der Waals surface area (Å²) in [5, 5.41) is 0.961. The number of amides is 2. The zero-order chi connectivity index (χ0) is 16.4. The van der Waals surface area contributed by atoms with Gasteiger partial charge in [-0.2, -0.15) is 0 Å². The first-order valence-electron chi connectivity index (χ1n) is 7.89. The van der Waals surface area contributed by atoms with E-state index in [1.165, 1.54) is 0 Å². The summed E-state index contributed by atoms with van der Waals surface area (Å²) in [5.74, 6) is 0.274. The van der Waals surface area contributed by atoms with Gasteiger partial charge in [-0.3, -0.25) is 9.59 Å². The van der Waals surface area contributed by atoms with Gasteiger partial charge in [0.15, 0.2) is 0 Å². The standard InChI is InChI=1S/C17H21N3O2S/c1-12(21)20-9-7-13(8-10-20)17(22)19(2)11-16-18-14-5-3-4-6-15(14)23-16/h3-6,13H,7-11H2,1-2H3. The molecule has 23 heavy (non-hydrogen) atoms. The number of carbonyl (C=O) groups is 2. The number of thiazole rings is 1. The maximum absolute atomic E-state index is 12.6. The van der Waals surface area contributed by atoms with E-state index in [4.69, 9.17) is 0 Å². The van der Waals surface area contributed by atoms with Crippen LogP contribution in [0.4, 0.5) is 0 Å². The van der Waals surface area contributed by atoms with Crippen LogP contribution in [0.1, 0.15) is 24.8 Å². The first-order valence-corrected chi connectivity index (χ1v) is 8.71. The van der Waals surface area contributed by atoms with Crippen molar-refractivity contribution in [1.29, 1.82) is 0 Å². The van der Waals surface area contributed by atoms with Crippen molar-refractivity contribution in [3.63, 3.8) is 0 Å². The highest BCUT2D eigenvalue weighted by Crippen LogP contribution is 2.24. The van der Waals surface area contributed by atoms with Crippen LogP contribution in [0, 0.1) is 5.92 Å². The highest BCUT2D eigenvalue weighted by atomic mass is 32.1. The average molecular weight is 331 g/mol. The molecule has 1 aliphatic rings. The SMILES string of the molecule is CC(=O)N1CCC(C(=O)N(C)Cc2nc3ccccc3s2)CC1. The lowest BCUT2D eigenvalue weighted by Gasteiger charge is -2.32. The lowest BCUT2D eigenvalue weighted by atomic mass is 9.95. The van der Waals surface area contributed by atoms with E-state index in [1.54, 1.807) is 23.2 Å². The molecular weight excluding hydrogens is 310 g/mol. The lowest BCUT2D eigenvalue weighted by molar-refractivity contribution is -0.139. The van der Waals surface area contributed by atoms with E-state index in [1.807, 2.05) is 30.1 Å². The monoisotopic (exact) mass is 331 g/mol. The maximum atomic E-state index is 12.6. The molecule has 2 aromatic rings. The molecule has 1 aromatic heterocycles. The largest absolute Gasteiger partial charge is 0.343 e. The molecule has 6 heteroatoms. The molecule has 1 fully saturated rings. The Balaban J connectivity index is 1.60. The van der Waals surface area contributed by atoms with E-state index in [9.17, 15) is 9.59 Å². The summed E-state index contributed by atoms with van der Waals surface area (Å²) in [4.78, 5) is 32.1. The van der Waals surface area contributed by atoms with E-state index in [0.29, 0.717) is 19.6 Å². The Hall–Kier alpha value is -1.95. The molecule has 0 atom stereocenters. The minimum absolute atomic E-state index is 0.0185. The second-order valence-corrected chi connectivity index (χ2v) is 7.17. The summed E-state index contributed by atoms with van der Waals surface area (Å²) in [6.07, 6.45) is 1.51. The van der Waals surface area contributed by atoms with Gasteiger partial charge in [0.25, 0.3) is 0 Å². The van der Waals surface area contributed by atoms with E-state index in [0.717, 1.165) is 28.1 Å². The molecule has 2 heterocycles. The van der Waals surface area contributed by atoms with Gasteiger partial charge in [0.1, 0.15) is 5.01 Å². The second kappa shape index (κ2) is 6.66. The lowest BCUT2D eigenvalue weighted by Crippen LogP contribution is -2.42. The predicted octanol–water partition coefficient (Wildman–Crippen LogP) is 2.51. The first kappa shape index (κ1) is 15.9. The average Bonchev–Trinajstić information content (AvgIpc) is 2.96. The van der Waals surface area contributed by atoms with Crippen LogP contribution in [0.5, 0.6) is 0 Å². The van der Waals surface area contributed by atoms with Crippen LogP contribution < -0.4 is 0 Å². The summed E-state index contributed by atoms with van der Waals surface area (Å²) in [6, 6.07) is 8.02. The number of hydrogen-bond donors (Lipinski definition) is 0. The van der Waals surface area contributed by atoms with Gasteiger partial charge in [0.05, 0.1) is 16.8 Å². The third kappa shape index (κ3) is 3.52. The zero-order valence-electron chi connectivity index (χ0n) is 13.5. The molecule has 0 saturated carbocycles. The molecule has 0 radical (unpaired) electrons. The molecule has 1 aromatic carbocycles.